The second-order valence-electron chi connectivity index (χ2n) is 9.82. The number of nitrogens with zero attached hydrogens (tertiary/aromatic N) is 1. The van der Waals surface area contributed by atoms with Crippen LogP contribution in [0.2, 0.25) is 0 Å². The number of benzene rings is 2. The van der Waals surface area contributed by atoms with E-state index in [4.69, 9.17) is 0 Å². The zero-order chi connectivity index (χ0) is 23.8. The third kappa shape index (κ3) is 7.18. The maximum absolute atomic E-state index is 13.5. The maximum Gasteiger partial charge on any atom is 0.243 e. The van der Waals surface area contributed by atoms with Crippen molar-refractivity contribution in [3.8, 4) is 0 Å². The van der Waals surface area contributed by atoms with E-state index in [1.54, 1.807) is 4.90 Å². The van der Waals surface area contributed by atoms with E-state index >= 15 is 0 Å². The molecule has 0 aromatic heterocycles. The Morgan fingerprint density at radius 2 is 1.58 bits per heavy atom. The molecule has 4 heteroatoms. The molecule has 2 aromatic carbocycles. The Morgan fingerprint density at radius 3 is 2.15 bits per heavy atom. The number of hydrogen-bond acceptors (Lipinski definition) is 2. The van der Waals surface area contributed by atoms with Gasteiger partial charge >= 0.3 is 0 Å². The van der Waals surface area contributed by atoms with E-state index in [-0.39, 0.29) is 17.9 Å². The van der Waals surface area contributed by atoms with Gasteiger partial charge in [-0.25, -0.2) is 0 Å². The molecule has 1 aliphatic rings. The van der Waals surface area contributed by atoms with Gasteiger partial charge in [-0.05, 0) is 55.2 Å². The van der Waals surface area contributed by atoms with E-state index in [1.165, 1.54) is 24.0 Å². The van der Waals surface area contributed by atoms with E-state index < -0.39 is 6.04 Å². The van der Waals surface area contributed by atoms with E-state index in [1.807, 2.05) is 6.92 Å². The molecule has 0 heterocycles. The van der Waals surface area contributed by atoms with Gasteiger partial charge in [0.2, 0.25) is 11.8 Å². The number of carbonyl (C=O) groups excluding carboxylic acids is 2. The summed E-state index contributed by atoms with van der Waals surface area (Å²) in [5.74, 6) is 0.525. The van der Waals surface area contributed by atoms with Gasteiger partial charge in [0.05, 0.1) is 0 Å². The third-order valence-corrected chi connectivity index (χ3v) is 6.83. The number of rotatable bonds is 10. The second-order valence-corrected chi connectivity index (χ2v) is 9.82. The maximum atomic E-state index is 13.5. The minimum Gasteiger partial charge on any atom is -0.352 e. The number of amides is 2. The summed E-state index contributed by atoms with van der Waals surface area (Å²) in [6.45, 7) is 8.88. The van der Waals surface area contributed by atoms with Crippen LogP contribution in [0.25, 0.3) is 0 Å². The fourth-order valence-electron chi connectivity index (χ4n) is 4.64. The monoisotopic (exact) mass is 448 g/mol. The lowest BCUT2D eigenvalue weighted by Gasteiger charge is -2.31. The zero-order valence-corrected chi connectivity index (χ0v) is 20.8. The molecule has 0 aliphatic heterocycles. The fraction of sp³-hybridized carbons (Fsp3) is 0.517. The summed E-state index contributed by atoms with van der Waals surface area (Å²) in [5, 5.41) is 3.22. The molecule has 1 aliphatic carbocycles. The minimum atomic E-state index is -0.442. The molecule has 33 heavy (non-hydrogen) atoms. The van der Waals surface area contributed by atoms with Crippen LogP contribution < -0.4 is 5.32 Å². The van der Waals surface area contributed by atoms with Crippen LogP contribution in [0.15, 0.2) is 48.5 Å². The summed E-state index contributed by atoms with van der Waals surface area (Å²) in [6, 6.07) is 16.6. The first-order valence-corrected chi connectivity index (χ1v) is 12.6. The van der Waals surface area contributed by atoms with Gasteiger partial charge in [-0.15, -0.1) is 0 Å². The Bertz CT molecular complexity index is 896. The average molecular weight is 449 g/mol. The SMILES string of the molecule is CC[C@@H](C(=O)NC1CCCC1)N(Cc1ccc(C)cc1)C(=O)CCc1ccc(C(C)C)cc1. The number of nitrogens with one attached hydrogen (secondary N) is 1. The Kier molecular flexibility index (Phi) is 9.11. The first-order valence-electron chi connectivity index (χ1n) is 12.6. The molecule has 1 atom stereocenters. The van der Waals surface area contributed by atoms with Crippen LogP contribution in [0.5, 0.6) is 0 Å². The van der Waals surface area contributed by atoms with E-state index in [0.717, 1.165) is 24.0 Å². The van der Waals surface area contributed by atoms with Crippen LogP contribution in [0, 0.1) is 6.92 Å². The lowest BCUT2D eigenvalue weighted by Crippen LogP contribution is -2.51. The smallest absolute Gasteiger partial charge is 0.243 e. The van der Waals surface area contributed by atoms with Gasteiger partial charge in [-0.2, -0.15) is 0 Å². The summed E-state index contributed by atoms with van der Waals surface area (Å²) < 4.78 is 0. The van der Waals surface area contributed by atoms with Crippen LogP contribution in [0.1, 0.15) is 87.5 Å². The van der Waals surface area contributed by atoms with Crippen molar-refractivity contribution in [2.75, 3.05) is 0 Å². The summed E-state index contributed by atoms with van der Waals surface area (Å²) in [5.41, 5.74) is 4.71. The molecule has 2 amide bonds. The largest absolute Gasteiger partial charge is 0.352 e. The predicted molar refractivity (Wildman–Crippen MR) is 135 cm³/mol. The van der Waals surface area contributed by atoms with Gasteiger partial charge in [0.25, 0.3) is 0 Å². The minimum absolute atomic E-state index is 0.00820. The number of carbonyl (C=O) groups is 2. The molecule has 3 rings (SSSR count). The molecule has 0 bridgehead atoms. The third-order valence-electron chi connectivity index (χ3n) is 6.83. The van der Waals surface area contributed by atoms with Crippen molar-refractivity contribution in [3.63, 3.8) is 0 Å². The van der Waals surface area contributed by atoms with Crippen LogP contribution >= 0.6 is 0 Å². The van der Waals surface area contributed by atoms with Crippen molar-refractivity contribution in [1.29, 1.82) is 0 Å². The van der Waals surface area contributed by atoms with Gasteiger partial charge in [0, 0.05) is 19.0 Å². The highest BCUT2D eigenvalue weighted by molar-refractivity contribution is 5.88. The molecule has 1 saturated carbocycles. The highest BCUT2D eigenvalue weighted by Gasteiger charge is 2.30. The lowest BCUT2D eigenvalue weighted by atomic mass is 10.00. The average Bonchev–Trinajstić information content (AvgIpc) is 3.32. The fourth-order valence-corrected chi connectivity index (χ4v) is 4.64. The van der Waals surface area contributed by atoms with Crippen molar-refractivity contribution < 1.29 is 9.59 Å². The normalized spacial score (nSPS) is 14.9. The van der Waals surface area contributed by atoms with Gasteiger partial charge in [0.15, 0.2) is 0 Å². The Labute approximate surface area is 199 Å². The van der Waals surface area contributed by atoms with Crippen LogP contribution in [-0.2, 0) is 22.6 Å². The molecular weight excluding hydrogens is 408 g/mol. The van der Waals surface area contributed by atoms with Crippen molar-refractivity contribution in [2.45, 2.75) is 97.2 Å². The molecular formula is C29H40N2O2. The van der Waals surface area contributed by atoms with E-state index in [0.29, 0.717) is 31.7 Å². The number of hydrogen-bond donors (Lipinski definition) is 1. The van der Waals surface area contributed by atoms with Gasteiger partial charge in [-0.3, -0.25) is 9.59 Å². The van der Waals surface area contributed by atoms with Crippen molar-refractivity contribution in [1.82, 2.24) is 10.2 Å². The van der Waals surface area contributed by atoms with Crippen LogP contribution in [0.3, 0.4) is 0 Å². The highest BCUT2D eigenvalue weighted by atomic mass is 16.2. The highest BCUT2D eigenvalue weighted by Crippen LogP contribution is 2.21. The first kappa shape index (κ1) is 25.0. The lowest BCUT2D eigenvalue weighted by molar-refractivity contribution is -0.141. The van der Waals surface area contributed by atoms with Gasteiger partial charge in [-0.1, -0.05) is 87.7 Å². The Hall–Kier alpha value is -2.62. The molecule has 0 radical (unpaired) electrons. The molecule has 178 valence electrons. The summed E-state index contributed by atoms with van der Waals surface area (Å²) in [7, 11) is 0. The van der Waals surface area contributed by atoms with Crippen molar-refractivity contribution in [3.05, 3.63) is 70.8 Å². The Morgan fingerprint density at radius 1 is 0.970 bits per heavy atom. The van der Waals surface area contributed by atoms with Crippen LogP contribution in [-0.4, -0.2) is 28.8 Å². The summed E-state index contributed by atoms with van der Waals surface area (Å²) in [4.78, 5) is 28.4. The Balaban J connectivity index is 1.73. The first-order chi connectivity index (χ1) is 15.9. The van der Waals surface area contributed by atoms with Crippen molar-refractivity contribution in [2.24, 2.45) is 0 Å². The standard InChI is InChI=1S/C29H40N2O2/c1-5-27(29(33)30-26-8-6-7-9-26)31(20-24-12-10-22(4)11-13-24)28(32)19-16-23-14-17-25(18-15-23)21(2)3/h10-15,17-18,21,26-27H,5-9,16,19-20H2,1-4H3,(H,30,33)/t27-/m0/s1. The molecule has 0 saturated heterocycles. The van der Waals surface area contributed by atoms with Gasteiger partial charge < -0.3 is 10.2 Å². The quantitative estimate of drug-likeness (QED) is 0.491. The molecule has 4 nitrogen and oxygen atoms in total. The summed E-state index contributed by atoms with van der Waals surface area (Å²) >= 11 is 0. The number of aryl methyl sites for hydroxylation is 2. The topological polar surface area (TPSA) is 49.4 Å². The molecule has 1 fully saturated rings. The molecule has 0 spiro atoms. The predicted octanol–water partition coefficient (Wildman–Crippen LogP) is 5.92. The van der Waals surface area contributed by atoms with E-state index in [2.05, 4.69) is 74.6 Å². The summed E-state index contributed by atoms with van der Waals surface area (Å²) in [6.07, 6.45) is 6.12. The second kappa shape index (κ2) is 12.0. The van der Waals surface area contributed by atoms with E-state index in [9.17, 15) is 9.59 Å². The zero-order valence-electron chi connectivity index (χ0n) is 20.8. The van der Waals surface area contributed by atoms with Gasteiger partial charge in [0.1, 0.15) is 6.04 Å². The molecule has 1 N–H and O–H groups in total. The van der Waals surface area contributed by atoms with Crippen LogP contribution in [0.4, 0.5) is 0 Å². The van der Waals surface area contributed by atoms with Crippen molar-refractivity contribution >= 4 is 11.8 Å². The molecule has 2 aromatic rings. The molecule has 0 unspecified atom stereocenters.